The molecule has 6 heteroatoms. The van der Waals surface area contributed by atoms with Gasteiger partial charge in [-0.2, -0.15) is 0 Å². The van der Waals surface area contributed by atoms with Crippen LogP contribution in [0.5, 0.6) is 0 Å². The summed E-state index contributed by atoms with van der Waals surface area (Å²) >= 11 is 0. The molecule has 0 spiro atoms. The van der Waals surface area contributed by atoms with Gasteiger partial charge in [0.25, 0.3) is 5.91 Å². The predicted octanol–water partition coefficient (Wildman–Crippen LogP) is 2.33. The maximum absolute atomic E-state index is 12.9. The van der Waals surface area contributed by atoms with Crippen molar-refractivity contribution in [1.29, 1.82) is 0 Å². The van der Waals surface area contributed by atoms with E-state index in [-0.39, 0.29) is 18.1 Å². The van der Waals surface area contributed by atoms with Crippen molar-refractivity contribution in [3.63, 3.8) is 0 Å². The van der Waals surface area contributed by atoms with Crippen molar-refractivity contribution in [2.45, 2.75) is 32.6 Å². The first-order chi connectivity index (χ1) is 9.98. The van der Waals surface area contributed by atoms with Gasteiger partial charge >= 0.3 is 5.97 Å². The molecule has 1 aliphatic rings. The Morgan fingerprint density at radius 2 is 2.24 bits per heavy atom. The second kappa shape index (κ2) is 6.20. The number of hydrogen-bond donors (Lipinski definition) is 1. The smallest absolute Gasteiger partial charge is 0.311 e. The molecule has 0 aromatic carbocycles. The molecule has 1 fully saturated rings. The van der Waals surface area contributed by atoms with Gasteiger partial charge in [0.1, 0.15) is 11.5 Å². The Morgan fingerprint density at radius 1 is 1.48 bits per heavy atom. The summed E-state index contributed by atoms with van der Waals surface area (Å²) in [6, 6.07) is 2.51. The standard InChI is InChI=1S/C15H19FN2O3/c1-2-6-15(14(20)21)7-3-8-18(10-15)13(19)12-5-4-11(16)9-17-12/h4-5,9H,2-3,6-8,10H2,1H3,(H,20,21). The van der Waals surface area contributed by atoms with Gasteiger partial charge in [-0.05, 0) is 31.4 Å². The van der Waals surface area contributed by atoms with Crippen molar-refractivity contribution in [1.82, 2.24) is 9.88 Å². The molecule has 1 amide bonds. The molecular formula is C15H19FN2O3. The van der Waals surface area contributed by atoms with Gasteiger partial charge in [0.15, 0.2) is 0 Å². The fourth-order valence-electron chi connectivity index (χ4n) is 2.93. The number of carbonyl (C=O) groups is 2. The van der Waals surface area contributed by atoms with E-state index in [2.05, 4.69) is 4.98 Å². The van der Waals surface area contributed by atoms with E-state index in [1.807, 2.05) is 6.92 Å². The van der Waals surface area contributed by atoms with Gasteiger partial charge in [-0.3, -0.25) is 9.59 Å². The number of pyridine rings is 1. The molecule has 1 aromatic rings. The molecule has 1 N–H and O–H groups in total. The normalized spacial score (nSPS) is 22.1. The Balaban J connectivity index is 2.18. The van der Waals surface area contributed by atoms with Gasteiger partial charge in [0, 0.05) is 13.1 Å². The van der Waals surface area contributed by atoms with Gasteiger partial charge in [-0.25, -0.2) is 9.37 Å². The molecule has 1 aliphatic heterocycles. The lowest BCUT2D eigenvalue weighted by Crippen LogP contribution is -2.50. The molecular weight excluding hydrogens is 275 g/mol. The molecule has 5 nitrogen and oxygen atoms in total. The van der Waals surface area contributed by atoms with E-state index < -0.39 is 17.2 Å². The lowest BCUT2D eigenvalue weighted by molar-refractivity contribution is -0.152. The minimum atomic E-state index is -0.872. The van der Waals surface area contributed by atoms with Gasteiger partial charge < -0.3 is 10.0 Å². The first kappa shape index (κ1) is 15.4. The summed E-state index contributed by atoms with van der Waals surface area (Å²) in [7, 11) is 0. The predicted molar refractivity (Wildman–Crippen MR) is 74.3 cm³/mol. The summed E-state index contributed by atoms with van der Waals surface area (Å²) in [5, 5.41) is 9.52. The summed E-state index contributed by atoms with van der Waals surface area (Å²) in [4.78, 5) is 29.3. The van der Waals surface area contributed by atoms with Crippen LogP contribution in [-0.2, 0) is 4.79 Å². The molecule has 1 unspecified atom stereocenters. The zero-order valence-electron chi connectivity index (χ0n) is 12.0. The molecule has 2 heterocycles. The monoisotopic (exact) mass is 294 g/mol. The molecule has 21 heavy (non-hydrogen) atoms. The number of likely N-dealkylation sites (tertiary alicyclic amines) is 1. The fourth-order valence-corrected chi connectivity index (χ4v) is 2.93. The molecule has 114 valence electrons. The number of piperidine rings is 1. The number of aromatic nitrogens is 1. The lowest BCUT2D eigenvalue weighted by Gasteiger charge is -2.39. The largest absolute Gasteiger partial charge is 0.481 e. The number of carboxylic acid groups (broad SMARTS) is 1. The van der Waals surface area contributed by atoms with E-state index in [1.54, 1.807) is 0 Å². The highest BCUT2D eigenvalue weighted by Gasteiger charge is 2.43. The zero-order valence-corrected chi connectivity index (χ0v) is 12.0. The molecule has 0 bridgehead atoms. The topological polar surface area (TPSA) is 70.5 Å². The van der Waals surface area contributed by atoms with Gasteiger partial charge in [-0.15, -0.1) is 0 Å². The molecule has 1 atom stereocenters. The van der Waals surface area contributed by atoms with Gasteiger partial charge in [0.05, 0.1) is 11.6 Å². The Hall–Kier alpha value is -1.98. The Morgan fingerprint density at radius 3 is 2.81 bits per heavy atom. The summed E-state index contributed by atoms with van der Waals surface area (Å²) in [5.74, 6) is -1.69. The van der Waals surface area contributed by atoms with E-state index in [0.29, 0.717) is 25.8 Å². The number of rotatable bonds is 4. The summed E-state index contributed by atoms with van der Waals surface area (Å²) in [6.45, 7) is 2.64. The summed E-state index contributed by atoms with van der Waals surface area (Å²) in [6.07, 6.45) is 3.52. The van der Waals surface area contributed by atoms with Crippen LogP contribution >= 0.6 is 0 Å². The number of halogens is 1. The second-order valence-corrected chi connectivity index (χ2v) is 5.53. The third-order valence-corrected chi connectivity index (χ3v) is 3.99. The molecule has 1 aromatic heterocycles. The van der Waals surface area contributed by atoms with E-state index in [0.717, 1.165) is 12.6 Å². The number of carboxylic acids is 1. The number of nitrogens with zero attached hydrogens (tertiary/aromatic N) is 2. The third kappa shape index (κ3) is 3.20. The molecule has 0 radical (unpaired) electrons. The number of carbonyl (C=O) groups excluding carboxylic acids is 1. The minimum absolute atomic E-state index is 0.147. The molecule has 0 saturated carbocycles. The van der Waals surface area contributed by atoms with Crippen LogP contribution in [0.15, 0.2) is 18.3 Å². The van der Waals surface area contributed by atoms with Crippen LogP contribution in [-0.4, -0.2) is 40.0 Å². The van der Waals surface area contributed by atoms with Crippen molar-refractivity contribution in [3.8, 4) is 0 Å². The second-order valence-electron chi connectivity index (χ2n) is 5.53. The summed E-state index contributed by atoms with van der Waals surface area (Å²) < 4.78 is 12.9. The SMILES string of the molecule is CCCC1(C(=O)O)CCCN(C(=O)c2ccc(F)cn2)C1. The lowest BCUT2D eigenvalue weighted by atomic mass is 9.76. The fraction of sp³-hybridized carbons (Fsp3) is 0.533. The Bertz CT molecular complexity index is 528. The van der Waals surface area contributed by atoms with Crippen LogP contribution in [0.3, 0.4) is 0 Å². The highest BCUT2D eigenvalue weighted by Crippen LogP contribution is 2.35. The van der Waals surface area contributed by atoms with Gasteiger partial charge in [0.2, 0.25) is 0 Å². The quantitative estimate of drug-likeness (QED) is 0.925. The number of hydrogen-bond acceptors (Lipinski definition) is 3. The van der Waals surface area contributed by atoms with Crippen molar-refractivity contribution in [3.05, 3.63) is 29.8 Å². The number of amides is 1. The van der Waals surface area contributed by atoms with Crippen LogP contribution in [0.25, 0.3) is 0 Å². The molecule has 2 rings (SSSR count). The van der Waals surface area contributed by atoms with E-state index in [4.69, 9.17) is 0 Å². The van der Waals surface area contributed by atoms with Crippen molar-refractivity contribution in [2.75, 3.05) is 13.1 Å². The highest BCUT2D eigenvalue weighted by atomic mass is 19.1. The van der Waals surface area contributed by atoms with Crippen LogP contribution in [0.1, 0.15) is 43.1 Å². The average Bonchev–Trinajstić information content (AvgIpc) is 2.48. The first-order valence-corrected chi connectivity index (χ1v) is 7.13. The van der Waals surface area contributed by atoms with E-state index in [1.165, 1.54) is 17.0 Å². The zero-order chi connectivity index (χ0) is 15.5. The van der Waals surface area contributed by atoms with Crippen LogP contribution in [0.2, 0.25) is 0 Å². The molecule has 1 saturated heterocycles. The average molecular weight is 294 g/mol. The highest BCUT2D eigenvalue weighted by molar-refractivity contribution is 5.92. The van der Waals surface area contributed by atoms with Crippen LogP contribution in [0, 0.1) is 11.2 Å². The van der Waals surface area contributed by atoms with Gasteiger partial charge in [-0.1, -0.05) is 13.3 Å². The maximum Gasteiger partial charge on any atom is 0.311 e. The van der Waals surface area contributed by atoms with Crippen LogP contribution < -0.4 is 0 Å². The van der Waals surface area contributed by atoms with E-state index >= 15 is 0 Å². The van der Waals surface area contributed by atoms with Crippen LogP contribution in [0.4, 0.5) is 4.39 Å². The summed E-state index contributed by atoms with van der Waals surface area (Å²) in [5.41, 5.74) is -0.725. The molecule has 0 aliphatic carbocycles. The van der Waals surface area contributed by atoms with Crippen molar-refractivity contribution < 1.29 is 19.1 Å². The minimum Gasteiger partial charge on any atom is -0.481 e. The van der Waals surface area contributed by atoms with Crippen molar-refractivity contribution >= 4 is 11.9 Å². The van der Waals surface area contributed by atoms with Crippen molar-refractivity contribution in [2.24, 2.45) is 5.41 Å². The Labute approximate surface area is 122 Å². The third-order valence-electron chi connectivity index (χ3n) is 3.99. The Kier molecular flexibility index (Phi) is 4.55. The maximum atomic E-state index is 12.9. The van der Waals surface area contributed by atoms with E-state index in [9.17, 15) is 19.1 Å². The first-order valence-electron chi connectivity index (χ1n) is 7.13. The number of aliphatic carboxylic acids is 1.